The molecule has 5 heteroatoms. The largest absolute Gasteiger partial charge is 0.356 e. The van der Waals surface area contributed by atoms with Crippen molar-refractivity contribution in [2.45, 2.75) is 63.8 Å². The van der Waals surface area contributed by atoms with Crippen molar-refractivity contribution in [3.05, 3.63) is 0 Å². The molecule has 2 aliphatic rings. The van der Waals surface area contributed by atoms with Crippen LogP contribution in [0.3, 0.4) is 0 Å². The number of aliphatic imine (C=N–C) groups is 1. The van der Waals surface area contributed by atoms with Gasteiger partial charge in [0.1, 0.15) is 0 Å². The molecule has 2 N–H and O–H groups in total. The number of nitrogens with one attached hydrogen (secondary N) is 2. The Hall–Kier alpha value is -0.0400. The molecule has 0 radical (unpaired) electrons. The number of guanidine groups is 1. The molecule has 1 aliphatic carbocycles. The Morgan fingerprint density at radius 3 is 2.43 bits per heavy atom. The fraction of sp³-hybridized carbons (Fsp3) is 0.938. The molecule has 0 aromatic rings. The standard InChI is InChI=1S/C16H32N4.HI/c1-17-16(19-15-9-3-2-4-10-15)18-11-5-6-12-20-13-7-8-14-20;/h15H,2-14H2,1H3,(H2,17,18,19);1H. The second-order valence-electron chi connectivity index (χ2n) is 6.23. The van der Waals surface area contributed by atoms with Crippen LogP contribution in [0.1, 0.15) is 57.8 Å². The summed E-state index contributed by atoms with van der Waals surface area (Å²) in [6, 6.07) is 0.638. The van der Waals surface area contributed by atoms with Crippen LogP contribution in [0.4, 0.5) is 0 Å². The van der Waals surface area contributed by atoms with Crippen molar-refractivity contribution in [1.29, 1.82) is 0 Å². The van der Waals surface area contributed by atoms with E-state index in [-0.39, 0.29) is 24.0 Å². The highest BCUT2D eigenvalue weighted by molar-refractivity contribution is 14.0. The first-order chi connectivity index (χ1) is 9.88. The Morgan fingerprint density at radius 2 is 1.76 bits per heavy atom. The molecule has 2 rings (SSSR count). The predicted molar refractivity (Wildman–Crippen MR) is 102 cm³/mol. The lowest BCUT2D eigenvalue weighted by Crippen LogP contribution is -2.44. The van der Waals surface area contributed by atoms with Crippen molar-refractivity contribution in [2.75, 3.05) is 33.2 Å². The summed E-state index contributed by atoms with van der Waals surface area (Å²) in [7, 11) is 1.88. The average Bonchev–Trinajstić information content (AvgIpc) is 3.00. The predicted octanol–water partition coefficient (Wildman–Crippen LogP) is 2.98. The zero-order valence-electron chi connectivity index (χ0n) is 13.6. The van der Waals surface area contributed by atoms with Crippen LogP contribution in [0.25, 0.3) is 0 Å². The molecule has 0 spiro atoms. The number of nitrogens with zero attached hydrogens (tertiary/aromatic N) is 2. The van der Waals surface area contributed by atoms with Crippen LogP contribution < -0.4 is 10.6 Å². The van der Waals surface area contributed by atoms with Gasteiger partial charge in [-0.2, -0.15) is 0 Å². The van der Waals surface area contributed by atoms with Gasteiger partial charge in [0, 0.05) is 19.6 Å². The number of hydrogen-bond acceptors (Lipinski definition) is 2. The molecule has 4 nitrogen and oxygen atoms in total. The minimum atomic E-state index is 0. The summed E-state index contributed by atoms with van der Waals surface area (Å²) in [4.78, 5) is 6.93. The van der Waals surface area contributed by atoms with E-state index in [4.69, 9.17) is 0 Å². The van der Waals surface area contributed by atoms with Crippen LogP contribution in [0.5, 0.6) is 0 Å². The summed E-state index contributed by atoms with van der Waals surface area (Å²) in [6.45, 7) is 4.95. The van der Waals surface area contributed by atoms with Gasteiger partial charge in [0.15, 0.2) is 5.96 Å². The van der Waals surface area contributed by atoms with Crippen molar-refractivity contribution in [1.82, 2.24) is 15.5 Å². The van der Waals surface area contributed by atoms with Gasteiger partial charge in [-0.1, -0.05) is 19.3 Å². The lowest BCUT2D eigenvalue weighted by Gasteiger charge is -2.25. The molecule has 0 bridgehead atoms. The smallest absolute Gasteiger partial charge is 0.191 e. The summed E-state index contributed by atoms with van der Waals surface area (Å²) in [5, 5.41) is 7.03. The fourth-order valence-corrected chi connectivity index (χ4v) is 3.31. The Morgan fingerprint density at radius 1 is 1.05 bits per heavy atom. The van der Waals surface area contributed by atoms with Gasteiger partial charge in [0.05, 0.1) is 0 Å². The fourth-order valence-electron chi connectivity index (χ4n) is 3.31. The third-order valence-corrected chi connectivity index (χ3v) is 4.56. The van der Waals surface area contributed by atoms with Crippen molar-refractivity contribution in [2.24, 2.45) is 4.99 Å². The number of hydrogen-bond donors (Lipinski definition) is 2. The topological polar surface area (TPSA) is 39.7 Å². The molecule has 124 valence electrons. The lowest BCUT2D eigenvalue weighted by atomic mass is 9.96. The van der Waals surface area contributed by atoms with E-state index in [1.54, 1.807) is 0 Å². The molecule has 1 aliphatic heterocycles. The molecule has 21 heavy (non-hydrogen) atoms. The van der Waals surface area contributed by atoms with E-state index in [9.17, 15) is 0 Å². The first-order valence-corrected chi connectivity index (χ1v) is 8.58. The summed E-state index contributed by atoms with van der Waals surface area (Å²) >= 11 is 0. The molecule has 1 heterocycles. The van der Waals surface area contributed by atoms with Crippen molar-refractivity contribution in [3.63, 3.8) is 0 Å². The lowest BCUT2D eigenvalue weighted by molar-refractivity contribution is 0.330. The highest BCUT2D eigenvalue weighted by Crippen LogP contribution is 2.17. The van der Waals surface area contributed by atoms with E-state index >= 15 is 0 Å². The Labute approximate surface area is 147 Å². The molecular weight excluding hydrogens is 375 g/mol. The van der Waals surface area contributed by atoms with Crippen LogP contribution >= 0.6 is 24.0 Å². The molecule has 1 saturated carbocycles. The maximum atomic E-state index is 4.34. The zero-order chi connectivity index (χ0) is 14.0. The van der Waals surface area contributed by atoms with Gasteiger partial charge < -0.3 is 15.5 Å². The quantitative estimate of drug-likeness (QED) is 0.307. The number of likely N-dealkylation sites (tertiary alicyclic amines) is 1. The van der Waals surface area contributed by atoms with Gasteiger partial charge >= 0.3 is 0 Å². The number of halogens is 1. The van der Waals surface area contributed by atoms with E-state index in [0.717, 1.165) is 12.5 Å². The molecule has 0 amide bonds. The van der Waals surface area contributed by atoms with Crippen molar-refractivity contribution in [3.8, 4) is 0 Å². The van der Waals surface area contributed by atoms with E-state index < -0.39 is 0 Å². The van der Waals surface area contributed by atoms with E-state index in [0.29, 0.717) is 6.04 Å². The number of rotatable bonds is 6. The van der Waals surface area contributed by atoms with Gasteiger partial charge in [-0.3, -0.25) is 4.99 Å². The van der Waals surface area contributed by atoms with Gasteiger partial charge in [-0.15, -0.1) is 24.0 Å². The molecule has 0 atom stereocenters. The molecule has 2 fully saturated rings. The summed E-state index contributed by atoms with van der Waals surface area (Å²) < 4.78 is 0. The van der Waals surface area contributed by atoms with E-state index in [2.05, 4.69) is 20.5 Å². The van der Waals surface area contributed by atoms with Crippen LogP contribution in [0.15, 0.2) is 4.99 Å². The number of unbranched alkanes of at least 4 members (excludes halogenated alkanes) is 1. The van der Waals surface area contributed by atoms with Gasteiger partial charge in [0.25, 0.3) is 0 Å². The maximum Gasteiger partial charge on any atom is 0.191 e. The Bertz CT molecular complexity index is 284. The summed E-state index contributed by atoms with van der Waals surface area (Å²) in [6.07, 6.45) is 12.1. The first-order valence-electron chi connectivity index (χ1n) is 8.58. The van der Waals surface area contributed by atoms with Gasteiger partial charge in [0.2, 0.25) is 0 Å². The van der Waals surface area contributed by atoms with Gasteiger partial charge in [-0.05, 0) is 58.2 Å². The monoisotopic (exact) mass is 408 g/mol. The third kappa shape index (κ3) is 7.68. The Balaban J connectivity index is 0.00000220. The molecule has 0 aromatic carbocycles. The summed E-state index contributed by atoms with van der Waals surface area (Å²) in [5.41, 5.74) is 0. The van der Waals surface area contributed by atoms with Crippen LogP contribution in [-0.4, -0.2) is 50.1 Å². The third-order valence-electron chi connectivity index (χ3n) is 4.56. The molecule has 1 saturated heterocycles. The average molecular weight is 408 g/mol. The van der Waals surface area contributed by atoms with Crippen LogP contribution in [0, 0.1) is 0 Å². The van der Waals surface area contributed by atoms with E-state index in [1.165, 1.54) is 77.4 Å². The maximum absolute atomic E-state index is 4.34. The zero-order valence-corrected chi connectivity index (χ0v) is 15.9. The second-order valence-corrected chi connectivity index (χ2v) is 6.23. The van der Waals surface area contributed by atoms with Crippen molar-refractivity contribution < 1.29 is 0 Å². The Kier molecular flexibility index (Phi) is 10.4. The minimum absolute atomic E-state index is 0. The molecule has 0 unspecified atom stereocenters. The highest BCUT2D eigenvalue weighted by Gasteiger charge is 2.14. The van der Waals surface area contributed by atoms with Crippen molar-refractivity contribution >= 4 is 29.9 Å². The molecule has 0 aromatic heterocycles. The van der Waals surface area contributed by atoms with Gasteiger partial charge in [-0.25, -0.2) is 0 Å². The second kappa shape index (κ2) is 11.5. The highest BCUT2D eigenvalue weighted by atomic mass is 127. The van der Waals surface area contributed by atoms with E-state index in [1.807, 2.05) is 7.05 Å². The molecular formula is C16H33IN4. The first kappa shape index (κ1) is 19.0. The SMILES string of the molecule is CN=C(NCCCCN1CCCC1)NC1CCCCC1.I. The minimum Gasteiger partial charge on any atom is -0.356 e. The summed E-state index contributed by atoms with van der Waals surface area (Å²) in [5.74, 6) is 0.998. The van der Waals surface area contributed by atoms with Crippen LogP contribution in [0.2, 0.25) is 0 Å². The normalized spacial score (nSPS) is 21.1. The van der Waals surface area contributed by atoms with Crippen LogP contribution in [-0.2, 0) is 0 Å².